The molecular formula is C38H22BrN3. The van der Waals surface area contributed by atoms with Crippen molar-refractivity contribution in [1.82, 2.24) is 15.0 Å². The Morgan fingerprint density at radius 1 is 0.500 bits per heavy atom. The average Bonchev–Trinajstić information content (AvgIpc) is 3.52. The fourth-order valence-corrected chi connectivity index (χ4v) is 7.41. The Hall–Kier alpha value is -4.93. The highest BCUT2D eigenvalue weighted by Crippen LogP contribution is 2.62. The minimum atomic E-state index is -0.486. The van der Waals surface area contributed by atoms with E-state index in [0.29, 0.717) is 0 Å². The van der Waals surface area contributed by atoms with Crippen molar-refractivity contribution in [2.75, 3.05) is 0 Å². The molecule has 0 saturated heterocycles. The van der Waals surface area contributed by atoms with Crippen LogP contribution >= 0.6 is 15.9 Å². The van der Waals surface area contributed by atoms with Gasteiger partial charge < -0.3 is 0 Å². The largest absolute Gasteiger partial charge is 0.254 e. The van der Waals surface area contributed by atoms with Crippen molar-refractivity contribution in [2.24, 2.45) is 0 Å². The smallest absolute Gasteiger partial charge is 0.0937 e. The van der Waals surface area contributed by atoms with Gasteiger partial charge in [0.05, 0.1) is 28.0 Å². The highest BCUT2D eigenvalue weighted by atomic mass is 79.9. The van der Waals surface area contributed by atoms with Gasteiger partial charge in [0, 0.05) is 27.8 Å². The molecule has 42 heavy (non-hydrogen) atoms. The standard InChI is InChI=1S/C38H22BrN3/c39-25-16-13-23(14-17-25)29-22-35(42-34-12-4-2-8-28(29)34)24-15-18-27-26-7-1-3-9-30(26)38(33(27)21-24)31-10-5-19-40-36(31)37-32(38)11-6-20-41-37/h1-22H. The fraction of sp³-hybridized carbons (Fsp3) is 0.0263. The minimum absolute atomic E-state index is 0.486. The molecular weight excluding hydrogens is 578 g/mol. The predicted molar refractivity (Wildman–Crippen MR) is 172 cm³/mol. The number of pyridine rings is 3. The lowest BCUT2D eigenvalue weighted by molar-refractivity contribution is 0.789. The molecule has 3 heterocycles. The third kappa shape index (κ3) is 3.13. The summed E-state index contributed by atoms with van der Waals surface area (Å²) in [5.41, 5.74) is 14.2. The van der Waals surface area contributed by atoms with Crippen LogP contribution in [0.1, 0.15) is 22.3 Å². The molecule has 2 aliphatic rings. The second kappa shape index (κ2) is 8.78. The van der Waals surface area contributed by atoms with Gasteiger partial charge in [-0.05, 0) is 87.0 Å². The molecule has 3 aromatic heterocycles. The molecule has 1 spiro atoms. The monoisotopic (exact) mass is 599 g/mol. The van der Waals surface area contributed by atoms with Gasteiger partial charge in [0.25, 0.3) is 0 Å². The quantitative estimate of drug-likeness (QED) is 0.198. The van der Waals surface area contributed by atoms with E-state index in [4.69, 9.17) is 15.0 Å². The fourth-order valence-electron chi connectivity index (χ4n) is 7.15. The van der Waals surface area contributed by atoms with Crippen molar-refractivity contribution in [1.29, 1.82) is 0 Å². The van der Waals surface area contributed by atoms with Crippen molar-refractivity contribution in [3.05, 3.63) is 160 Å². The van der Waals surface area contributed by atoms with E-state index in [1.165, 1.54) is 44.5 Å². The van der Waals surface area contributed by atoms with Gasteiger partial charge in [-0.3, -0.25) is 9.97 Å². The lowest BCUT2D eigenvalue weighted by Crippen LogP contribution is -2.26. The Morgan fingerprint density at radius 3 is 1.93 bits per heavy atom. The molecule has 4 aromatic carbocycles. The number of fused-ring (bicyclic) bond motifs is 11. The van der Waals surface area contributed by atoms with Crippen molar-refractivity contribution in [3.8, 4) is 44.9 Å². The minimum Gasteiger partial charge on any atom is -0.254 e. The van der Waals surface area contributed by atoms with Gasteiger partial charge in [-0.15, -0.1) is 0 Å². The number of aromatic nitrogens is 3. The van der Waals surface area contributed by atoms with Crippen LogP contribution in [0.15, 0.2) is 138 Å². The summed E-state index contributed by atoms with van der Waals surface area (Å²) in [5, 5.41) is 1.14. The van der Waals surface area contributed by atoms with E-state index < -0.39 is 5.41 Å². The molecule has 0 atom stereocenters. The third-order valence-electron chi connectivity index (χ3n) is 8.86. The second-order valence-corrected chi connectivity index (χ2v) is 11.8. The van der Waals surface area contributed by atoms with Crippen LogP contribution in [0.3, 0.4) is 0 Å². The van der Waals surface area contributed by atoms with Crippen LogP contribution in [-0.4, -0.2) is 15.0 Å². The van der Waals surface area contributed by atoms with Crippen LogP contribution in [0, 0.1) is 0 Å². The molecule has 3 nitrogen and oxygen atoms in total. The highest BCUT2D eigenvalue weighted by molar-refractivity contribution is 9.10. The predicted octanol–water partition coefficient (Wildman–Crippen LogP) is 9.46. The molecule has 7 aromatic rings. The Balaban J connectivity index is 1.34. The molecule has 0 radical (unpaired) electrons. The number of nitrogens with zero attached hydrogens (tertiary/aromatic N) is 3. The summed E-state index contributed by atoms with van der Waals surface area (Å²) in [6, 6.07) is 43.4. The first-order valence-corrected chi connectivity index (χ1v) is 14.8. The Morgan fingerprint density at radius 2 is 1.14 bits per heavy atom. The first kappa shape index (κ1) is 23.7. The van der Waals surface area contributed by atoms with Crippen molar-refractivity contribution in [2.45, 2.75) is 5.41 Å². The van der Waals surface area contributed by atoms with Crippen LogP contribution < -0.4 is 0 Å². The van der Waals surface area contributed by atoms with Gasteiger partial charge in [-0.2, -0.15) is 0 Å². The van der Waals surface area contributed by atoms with E-state index in [1.54, 1.807) is 0 Å². The first-order valence-electron chi connectivity index (χ1n) is 14.1. The molecule has 0 saturated carbocycles. The van der Waals surface area contributed by atoms with Crippen LogP contribution in [0.5, 0.6) is 0 Å². The summed E-state index contributed by atoms with van der Waals surface area (Å²) >= 11 is 3.59. The number of rotatable bonds is 2. The van der Waals surface area contributed by atoms with Gasteiger partial charge in [0.1, 0.15) is 0 Å². The summed E-state index contributed by atoms with van der Waals surface area (Å²) < 4.78 is 1.06. The summed E-state index contributed by atoms with van der Waals surface area (Å²) in [7, 11) is 0. The Labute approximate surface area is 251 Å². The third-order valence-corrected chi connectivity index (χ3v) is 9.39. The molecule has 0 bridgehead atoms. The van der Waals surface area contributed by atoms with Crippen LogP contribution in [-0.2, 0) is 5.41 Å². The zero-order valence-electron chi connectivity index (χ0n) is 22.4. The Bertz CT molecular complexity index is 2150. The van der Waals surface area contributed by atoms with E-state index in [2.05, 4.69) is 125 Å². The van der Waals surface area contributed by atoms with Crippen LogP contribution in [0.25, 0.3) is 55.8 Å². The molecule has 0 fully saturated rings. The summed E-state index contributed by atoms with van der Waals surface area (Å²) in [6.07, 6.45) is 3.74. The van der Waals surface area contributed by atoms with E-state index in [9.17, 15) is 0 Å². The zero-order valence-corrected chi connectivity index (χ0v) is 24.0. The maximum Gasteiger partial charge on any atom is 0.0937 e. The zero-order chi connectivity index (χ0) is 27.8. The van der Waals surface area contributed by atoms with Crippen LogP contribution in [0.4, 0.5) is 0 Å². The highest BCUT2D eigenvalue weighted by Gasteiger charge is 2.52. The Kier molecular flexibility index (Phi) is 4.97. The SMILES string of the molecule is Brc1ccc(-c2cc(-c3ccc4c(c3)C3(c5ccccc5-4)c4cccnc4-c4ncccc43)nc3ccccc23)cc1. The van der Waals surface area contributed by atoms with E-state index in [-0.39, 0.29) is 0 Å². The van der Waals surface area contributed by atoms with Crippen LogP contribution in [0.2, 0.25) is 0 Å². The van der Waals surface area contributed by atoms with E-state index in [0.717, 1.165) is 38.0 Å². The molecule has 0 unspecified atom stereocenters. The van der Waals surface area contributed by atoms with Crippen molar-refractivity contribution in [3.63, 3.8) is 0 Å². The number of hydrogen-bond donors (Lipinski definition) is 0. The lowest BCUT2D eigenvalue weighted by atomic mass is 9.71. The number of halogens is 1. The lowest BCUT2D eigenvalue weighted by Gasteiger charge is -2.30. The summed E-state index contributed by atoms with van der Waals surface area (Å²) in [4.78, 5) is 14.9. The first-order chi connectivity index (χ1) is 20.7. The molecule has 0 aliphatic heterocycles. The molecule has 0 N–H and O–H groups in total. The average molecular weight is 601 g/mol. The molecule has 2 aliphatic carbocycles. The molecule has 0 amide bonds. The molecule has 4 heteroatoms. The van der Waals surface area contributed by atoms with Crippen molar-refractivity contribution >= 4 is 26.8 Å². The van der Waals surface area contributed by atoms with Gasteiger partial charge in [0.15, 0.2) is 0 Å². The maximum absolute atomic E-state index is 5.19. The normalized spacial score (nSPS) is 13.5. The maximum atomic E-state index is 5.19. The number of benzene rings is 4. The van der Waals surface area contributed by atoms with Gasteiger partial charge in [-0.1, -0.05) is 94.8 Å². The van der Waals surface area contributed by atoms with Gasteiger partial charge in [-0.25, -0.2) is 4.98 Å². The number of hydrogen-bond acceptors (Lipinski definition) is 3. The summed E-state index contributed by atoms with van der Waals surface area (Å²) in [6.45, 7) is 0. The van der Waals surface area contributed by atoms with Gasteiger partial charge >= 0.3 is 0 Å². The second-order valence-electron chi connectivity index (χ2n) is 10.9. The molecule has 9 rings (SSSR count). The molecule has 196 valence electrons. The van der Waals surface area contributed by atoms with Gasteiger partial charge in [0.2, 0.25) is 0 Å². The van der Waals surface area contributed by atoms with E-state index >= 15 is 0 Å². The van der Waals surface area contributed by atoms with E-state index in [1.807, 2.05) is 24.5 Å². The summed E-state index contributed by atoms with van der Waals surface area (Å²) in [5.74, 6) is 0. The van der Waals surface area contributed by atoms with Crippen molar-refractivity contribution < 1.29 is 0 Å². The number of para-hydroxylation sites is 1. The topological polar surface area (TPSA) is 38.7 Å².